The van der Waals surface area contributed by atoms with E-state index in [1.165, 1.54) is 0 Å². The molecule has 0 aliphatic carbocycles. The fraction of sp³-hybridized carbons (Fsp3) is 0.118. The Hall–Kier alpha value is -2.46. The van der Waals surface area contributed by atoms with Gasteiger partial charge in [-0.05, 0) is 42.8 Å². The van der Waals surface area contributed by atoms with Crippen LogP contribution >= 0.6 is 11.6 Å². The molecular weight excluding hydrogens is 300 g/mol. The second-order valence-corrected chi connectivity index (χ2v) is 5.38. The highest BCUT2D eigenvalue weighted by Crippen LogP contribution is 2.37. The number of benzene rings is 2. The summed E-state index contributed by atoms with van der Waals surface area (Å²) in [6.07, 6.45) is 1.70. The van der Waals surface area contributed by atoms with Gasteiger partial charge < -0.3 is 15.4 Å². The summed E-state index contributed by atoms with van der Waals surface area (Å²) >= 11 is 5.87. The maximum atomic E-state index is 12.6. The molecule has 2 aromatic rings. The van der Waals surface area contributed by atoms with Crippen molar-refractivity contribution in [3.63, 3.8) is 0 Å². The Morgan fingerprint density at radius 1 is 1.23 bits per heavy atom. The van der Waals surface area contributed by atoms with Crippen LogP contribution in [0.3, 0.4) is 0 Å². The molecule has 1 heterocycles. The zero-order valence-electron chi connectivity index (χ0n) is 12.0. The van der Waals surface area contributed by atoms with Gasteiger partial charge in [0, 0.05) is 23.3 Å². The van der Waals surface area contributed by atoms with Crippen LogP contribution in [-0.2, 0) is 4.79 Å². The predicted molar refractivity (Wildman–Crippen MR) is 88.9 cm³/mol. The Labute approximate surface area is 133 Å². The highest BCUT2D eigenvalue weighted by Gasteiger charge is 2.29. The minimum absolute atomic E-state index is 0.172. The van der Waals surface area contributed by atoms with Crippen LogP contribution in [0.2, 0.25) is 5.02 Å². The third-order valence-corrected chi connectivity index (χ3v) is 3.69. The lowest BCUT2D eigenvalue weighted by Crippen LogP contribution is -2.37. The summed E-state index contributed by atoms with van der Waals surface area (Å²) in [4.78, 5) is 14.2. The van der Waals surface area contributed by atoms with Crippen LogP contribution in [-0.4, -0.2) is 12.5 Å². The minimum atomic E-state index is -0.172. The van der Waals surface area contributed by atoms with Gasteiger partial charge in [-0.2, -0.15) is 0 Å². The van der Waals surface area contributed by atoms with Gasteiger partial charge in [0.1, 0.15) is 0 Å². The van der Waals surface area contributed by atoms with E-state index in [4.69, 9.17) is 22.1 Å². The third kappa shape index (κ3) is 2.65. The summed E-state index contributed by atoms with van der Waals surface area (Å²) in [5.74, 6) is 0.679. The van der Waals surface area contributed by atoms with E-state index in [9.17, 15) is 4.79 Å². The number of anilines is 2. The van der Waals surface area contributed by atoms with Crippen LogP contribution in [0.5, 0.6) is 5.75 Å². The van der Waals surface area contributed by atoms with Crippen molar-refractivity contribution in [1.29, 1.82) is 0 Å². The summed E-state index contributed by atoms with van der Waals surface area (Å²) in [6.45, 7) is 2.47. The Kier molecular flexibility index (Phi) is 3.77. The minimum Gasteiger partial charge on any atom is -0.449 e. The van der Waals surface area contributed by atoms with Crippen LogP contribution < -0.4 is 15.4 Å². The van der Waals surface area contributed by atoms with Crippen molar-refractivity contribution in [1.82, 2.24) is 0 Å². The van der Waals surface area contributed by atoms with E-state index in [1.807, 2.05) is 19.1 Å². The highest BCUT2D eigenvalue weighted by molar-refractivity contribution is 6.30. The zero-order valence-corrected chi connectivity index (χ0v) is 12.8. The quantitative estimate of drug-likeness (QED) is 0.679. The number of rotatable bonds is 2. The lowest BCUT2D eigenvalue weighted by molar-refractivity contribution is -0.117. The number of hydrogen-bond acceptors (Lipinski definition) is 3. The number of fused-ring (bicyclic) bond motifs is 1. The summed E-state index contributed by atoms with van der Waals surface area (Å²) in [7, 11) is 0. The number of nitrogen functional groups attached to an aromatic ring is 1. The molecule has 22 heavy (non-hydrogen) atoms. The van der Waals surface area contributed by atoms with Crippen molar-refractivity contribution < 1.29 is 9.53 Å². The zero-order chi connectivity index (χ0) is 15.7. The maximum absolute atomic E-state index is 12.6. The number of halogens is 1. The fourth-order valence-electron chi connectivity index (χ4n) is 2.36. The summed E-state index contributed by atoms with van der Waals surface area (Å²) in [5, 5.41) is 0.645. The first-order valence-electron chi connectivity index (χ1n) is 6.95. The molecule has 0 saturated heterocycles. The van der Waals surface area contributed by atoms with Gasteiger partial charge in [-0.1, -0.05) is 23.7 Å². The van der Waals surface area contributed by atoms with Gasteiger partial charge in [0.25, 0.3) is 5.91 Å². The Morgan fingerprint density at radius 3 is 2.64 bits per heavy atom. The van der Waals surface area contributed by atoms with Gasteiger partial charge >= 0.3 is 0 Å². The summed E-state index contributed by atoms with van der Waals surface area (Å²) in [6, 6.07) is 12.5. The lowest BCUT2D eigenvalue weighted by atomic mass is 10.1. The first-order valence-corrected chi connectivity index (χ1v) is 7.33. The third-order valence-electron chi connectivity index (χ3n) is 3.43. The highest BCUT2D eigenvalue weighted by atomic mass is 35.5. The number of ether oxygens (including phenoxy) is 1. The number of carbonyl (C=O) groups excluding carboxylic acids is 1. The average molecular weight is 315 g/mol. The van der Waals surface area contributed by atoms with Gasteiger partial charge in [0.05, 0.1) is 5.69 Å². The SMILES string of the molecule is CCN1C(=O)/C(=C\c2ccc(Cl)cc2)Oc2cc(N)ccc21. The predicted octanol–water partition coefficient (Wildman–Crippen LogP) is 3.71. The van der Waals surface area contributed by atoms with Crippen LogP contribution in [0, 0.1) is 0 Å². The van der Waals surface area contributed by atoms with E-state index < -0.39 is 0 Å². The molecule has 1 amide bonds. The van der Waals surface area contributed by atoms with E-state index >= 15 is 0 Å². The number of hydrogen-bond donors (Lipinski definition) is 1. The second-order valence-electron chi connectivity index (χ2n) is 4.94. The number of carbonyl (C=O) groups is 1. The number of amides is 1. The first-order chi connectivity index (χ1) is 10.6. The van der Waals surface area contributed by atoms with Crippen molar-refractivity contribution in [3.8, 4) is 5.75 Å². The van der Waals surface area contributed by atoms with E-state index in [2.05, 4.69) is 0 Å². The van der Waals surface area contributed by atoms with Crippen molar-refractivity contribution in [3.05, 3.63) is 58.8 Å². The second kappa shape index (κ2) is 5.73. The normalized spacial score (nSPS) is 15.6. The molecule has 0 atom stereocenters. The van der Waals surface area contributed by atoms with Crippen LogP contribution in [0.1, 0.15) is 12.5 Å². The maximum Gasteiger partial charge on any atom is 0.294 e. The van der Waals surface area contributed by atoms with E-state index in [0.29, 0.717) is 23.0 Å². The molecule has 0 saturated carbocycles. The summed E-state index contributed by atoms with van der Waals surface area (Å²) in [5.41, 5.74) is 7.97. The van der Waals surface area contributed by atoms with E-state index in [-0.39, 0.29) is 11.7 Å². The molecule has 112 valence electrons. The number of nitrogens with zero attached hydrogens (tertiary/aromatic N) is 1. The summed E-state index contributed by atoms with van der Waals surface area (Å²) < 4.78 is 5.75. The van der Waals surface area contributed by atoms with Crippen LogP contribution in [0.4, 0.5) is 11.4 Å². The molecule has 1 aliphatic heterocycles. The van der Waals surface area contributed by atoms with Crippen LogP contribution in [0.15, 0.2) is 48.2 Å². The molecule has 5 heteroatoms. The Morgan fingerprint density at radius 2 is 1.95 bits per heavy atom. The van der Waals surface area contributed by atoms with Crippen molar-refractivity contribution in [2.24, 2.45) is 0 Å². The van der Waals surface area contributed by atoms with Gasteiger partial charge in [0.2, 0.25) is 0 Å². The molecule has 0 fully saturated rings. The first kappa shape index (κ1) is 14.5. The molecule has 1 aliphatic rings. The lowest BCUT2D eigenvalue weighted by Gasteiger charge is -2.29. The van der Waals surface area contributed by atoms with Crippen LogP contribution in [0.25, 0.3) is 6.08 Å². The largest absolute Gasteiger partial charge is 0.449 e. The van der Waals surface area contributed by atoms with Gasteiger partial charge in [-0.25, -0.2) is 0 Å². The molecule has 0 radical (unpaired) electrons. The number of nitrogens with two attached hydrogens (primary N) is 1. The molecule has 2 N–H and O–H groups in total. The van der Waals surface area contributed by atoms with Gasteiger partial charge in [0.15, 0.2) is 11.5 Å². The van der Waals surface area contributed by atoms with E-state index in [1.54, 1.807) is 41.3 Å². The van der Waals surface area contributed by atoms with Gasteiger partial charge in [-0.15, -0.1) is 0 Å². The van der Waals surface area contributed by atoms with E-state index in [0.717, 1.165) is 11.3 Å². The molecule has 0 spiro atoms. The topological polar surface area (TPSA) is 55.6 Å². The Balaban J connectivity index is 2.03. The monoisotopic (exact) mass is 314 g/mol. The average Bonchev–Trinajstić information content (AvgIpc) is 2.50. The molecule has 2 aromatic carbocycles. The molecule has 3 rings (SSSR count). The van der Waals surface area contributed by atoms with Gasteiger partial charge in [-0.3, -0.25) is 4.79 Å². The Bertz CT molecular complexity index is 754. The molecule has 0 bridgehead atoms. The molecule has 0 aromatic heterocycles. The molecule has 4 nitrogen and oxygen atoms in total. The van der Waals surface area contributed by atoms with Crippen molar-refractivity contribution in [2.45, 2.75) is 6.92 Å². The molecular formula is C17H15ClN2O2. The standard InChI is InChI=1S/C17H15ClN2O2/c1-2-20-14-8-7-13(19)10-15(14)22-16(17(20)21)9-11-3-5-12(18)6-4-11/h3-10H,2,19H2,1H3/b16-9+. The van der Waals surface area contributed by atoms with Crippen molar-refractivity contribution in [2.75, 3.05) is 17.2 Å². The smallest absolute Gasteiger partial charge is 0.294 e. The van der Waals surface area contributed by atoms with Crippen molar-refractivity contribution >= 4 is 35.0 Å². The molecule has 0 unspecified atom stereocenters. The fourth-order valence-corrected chi connectivity index (χ4v) is 2.48. The number of likely N-dealkylation sites (N-methyl/N-ethyl adjacent to an activating group) is 1.